The number of urea groups is 1. The minimum Gasteiger partial charge on any atom is -0.338 e. The smallest absolute Gasteiger partial charge is 0.338 e. The largest absolute Gasteiger partial charge is 0.437 e. The third kappa shape index (κ3) is 4.14. The Balaban J connectivity index is 1.92. The summed E-state index contributed by atoms with van der Waals surface area (Å²) in [5, 5.41) is 7.57. The van der Waals surface area contributed by atoms with E-state index in [1.165, 1.54) is 6.92 Å². The lowest BCUT2D eigenvalue weighted by atomic mass is 10.2. The Bertz CT molecular complexity index is 580. The molecule has 2 heterocycles. The number of hydrogen-bond acceptors (Lipinski definition) is 4. The maximum atomic E-state index is 12.7. The number of likely N-dealkylation sites (tertiary alicyclic amines) is 1. The Kier molecular flexibility index (Phi) is 5.12. The van der Waals surface area contributed by atoms with Crippen molar-refractivity contribution in [3.05, 3.63) is 11.3 Å². The zero-order valence-corrected chi connectivity index (χ0v) is 12.5. The van der Waals surface area contributed by atoms with Crippen molar-refractivity contribution in [3.63, 3.8) is 0 Å². The summed E-state index contributed by atoms with van der Waals surface area (Å²) in [7, 11) is 0. The first-order valence-electron chi connectivity index (χ1n) is 7.21. The molecule has 10 heteroatoms. The molecule has 1 aromatic heterocycles. The monoisotopic (exact) mass is 334 g/mol. The Morgan fingerprint density at radius 1 is 1.30 bits per heavy atom. The number of amides is 3. The maximum Gasteiger partial charge on any atom is 0.437 e. The second-order valence-corrected chi connectivity index (χ2v) is 5.09. The number of nitrogens with one attached hydrogen (secondary N) is 2. The highest BCUT2D eigenvalue weighted by Gasteiger charge is 2.39. The van der Waals surface area contributed by atoms with E-state index in [0.29, 0.717) is 13.1 Å². The number of alkyl halides is 3. The molecular weight excluding hydrogens is 317 g/mol. The average Bonchev–Trinajstić information content (AvgIpc) is 3.13. The van der Waals surface area contributed by atoms with E-state index in [0.717, 1.165) is 12.8 Å². The molecule has 1 aliphatic heterocycles. The van der Waals surface area contributed by atoms with Crippen LogP contribution in [-0.2, 0) is 17.4 Å². The van der Waals surface area contributed by atoms with E-state index in [1.807, 2.05) is 0 Å². The lowest BCUT2D eigenvalue weighted by molar-refractivity contribution is -0.143. The van der Waals surface area contributed by atoms with Gasteiger partial charge in [-0.15, -0.1) is 0 Å². The Morgan fingerprint density at radius 3 is 2.52 bits per heavy atom. The number of anilines is 1. The van der Waals surface area contributed by atoms with Gasteiger partial charge in [-0.1, -0.05) is 12.1 Å². The minimum atomic E-state index is -4.65. The van der Waals surface area contributed by atoms with Gasteiger partial charge in [-0.2, -0.15) is 13.2 Å². The van der Waals surface area contributed by atoms with Crippen molar-refractivity contribution < 1.29 is 27.3 Å². The Hall–Kier alpha value is -2.26. The van der Waals surface area contributed by atoms with Crippen molar-refractivity contribution in [1.82, 2.24) is 15.4 Å². The summed E-state index contributed by atoms with van der Waals surface area (Å²) < 4.78 is 42.7. The molecule has 128 valence electrons. The summed E-state index contributed by atoms with van der Waals surface area (Å²) in [5.74, 6) is -1.03. The number of aromatic nitrogens is 1. The fourth-order valence-electron chi connectivity index (χ4n) is 2.32. The van der Waals surface area contributed by atoms with E-state index < -0.39 is 17.8 Å². The predicted octanol–water partition coefficient (Wildman–Crippen LogP) is 2.00. The predicted molar refractivity (Wildman–Crippen MR) is 73.7 cm³/mol. The van der Waals surface area contributed by atoms with E-state index in [4.69, 9.17) is 0 Å². The molecule has 7 nitrogen and oxygen atoms in total. The average molecular weight is 334 g/mol. The molecule has 0 aromatic carbocycles. The zero-order chi connectivity index (χ0) is 17.0. The standard InChI is InChI=1S/C13H17F3N4O3/c1-2-8-10(13(14,15)16)19-23-11(8)18-9(21)7-17-12(22)20-5-3-4-6-20/h2-7H2,1H3,(H,17,22)(H,18,21). The summed E-state index contributed by atoms with van der Waals surface area (Å²) in [5.41, 5.74) is -1.38. The normalized spacial score (nSPS) is 14.9. The topological polar surface area (TPSA) is 87.5 Å². The van der Waals surface area contributed by atoms with Gasteiger partial charge in [-0.3, -0.25) is 10.1 Å². The van der Waals surface area contributed by atoms with Gasteiger partial charge in [0.25, 0.3) is 0 Å². The third-order valence-electron chi connectivity index (χ3n) is 3.46. The van der Waals surface area contributed by atoms with Crippen molar-refractivity contribution in [2.24, 2.45) is 0 Å². The second-order valence-electron chi connectivity index (χ2n) is 5.09. The molecule has 0 spiro atoms. The Morgan fingerprint density at radius 2 is 1.96 bits per heavy atom. The van der Waals surface area contributed by atoms with Crippen LogP contribution in [0.15, 0.2) is 4.52 Å². The molecule has 0 saturated carbocycles. The number of halogens is 3. The van der Waals surface area contributed by atoms with E-state index in [-0.39, 0.29) is 30.4 Å². The van der Waals surface area contributed by atoms with Crippen LogP contribution in [0.25, 0.3) is 0 Å². The van der Waals surface area contributed by atoms with Gasteiger partial charge in [-0.25, -0.2) is 4.79 Å². The molecule has 0 unspecified atom stereocenters. The van der Waals surface area contributed by atoms with Crippen molar-refractivity contribution in [2.75, 3.05) is 25.0 Å². The van der Waals surface area contributed by atoms with Gasteiger partial charge in [0, 0.05) is 18.7 Å². The third-order valence-corrected chi connectivity index (χ3v) is 3.46. The van der Waals surface area contributed by atoms with E-state index in [1.54, 1.807) is 4.90 Å². The molecule has 1 fully saturated rings. The van der Waals surface area contributed by atoms with Gasteiger partial charge in [-0.05, 0) is 19.3 Å². The lowest BCUT2D eigenvalue weighted by Gasteiger charge is -2.15. The highest BCUT2D eigenvalue weighted by atomic mass is 19.4. The number of nitrogens with zero attached hydrogens (tertiary/aromatic N) is 2. The summed E-state index contributed by atoms with van der Waals surface area (Å²) >= 11 is 0. The van der Waals surface area contributed by atoms with Crippen LogP contribution in [0.4, 0.5) is 23.8 Å². The highest BCUT2D eigenvalue weighted by molar-refractivity contribution is 5.93. The molecule has 3 amide bonds. The van der Waals surface area contributed by atoms with Gasteiger partial charge < -0.3 is 14.7 Å². The van der Waals surface area contributed by atoms with Crippen LogP contribution in [0.1, 0.15) is 31.0 Å². The summed E-state index contributed by atoms with van der Waals surface area (Å²) in [4.78, 5) is 25.0. The molecule has 0 atom stereocenters. The van der Waals surface area contributed by atoms with Crippen LogP contribution < -0.4 is 10.6 Å². The number of rotatable bonds is 4. The molecule has 1 saturated heterocycles. The first-order chi connectivity index (χ1) is 10.8. The second kappa shape index (κ2) is 6.88. The van der Waals surface area contributed by atoms with E-state index >= 15 is 0 Å². The van der Waals surface area contributed by atoms with Gasteiger partial charge in [0.1, 0.15) is 0 Å². The molecule has 23 heavy (non-hydrogen) atoms. The van der Waals surface area contributed by atoms with E-state index in [2.05, 4.69) is 20.3 Å². The van der Waals surface area contributed by atoms with Crippen molar-refractivity contribution >= 4 is 17.8 Å². The molecule has 0 bridgehead atoms. The molecule has 0 radical (unpaired) electrons. The van der Waals surface area contributed by atoms with Crippen molar-refractivity contribution in [2.45, 2.75) is 32.4 Å². The minimum absolute atomic E-state index is 0.00586. The quantitative estimate of drug-likeness (QED) is 0.882. The highest BCUT2D eigenvalue weighted by Crippen LogP contribution is 2.34. The maximum absolute atomic E-state index is 12.7. The van der Waals surface area contributed by atoms with Gasteiger partial charge in [0.15, 0.2) is 5.69 Å². The summed E-state index contributed by atoms with van der Waals surface area (Å²) in [6, 6.07) is -0.373. The van der Waals surface area contributed by atoms with Crippen LogP contribution in [0.5, 0.6) is 0 Å². The van der Waals surface area contributed by atoms with Gasteiger partial charge in [0.05, 0.1) is 6.54 Å². The van der Waals surface area contributed by atoms with Crippen LogP contribution in [0.3, 0.4) is 0 Å². The molecule has 0 aliphatic carbocycles. The first-order valence-corrected chi connectivity index (χ1v) is 7.21. The van der Waals surface area contributed by atoms with Crippen LogP contribution in [-0.4, -0.2) is 41.6 Å². The van der Waals surface area contributed by atoms with Crippen LogP contribution >= 0.6 is 0 Å². The molecular formula is C13H17F3N4O3. The van der Waals surface area contributed by atoms with Gasteiger partial charge in [0.2, 0.25) is 11.8 Å². The summed E-state index contributed by atoms with van der Waals surface area (Å²) in [6.07, 6.45) is -2.83. The van der Waals surface area contributed by atoms with Crippen LogP contribution in [0.2, 0.25) is 0 Å². The number of carbonyl (C=O) groups is 2. The van der Waals surface area contributed by atoms with Crippen molar-refractivity contribution in [1.29, 1.82) is 0 Å². The molecule has 1 aliphatic rings. The van der Waals surface area contributed by atoms with Gasteiger partial charge >= 0.3 is 12.2 Å². The Labute approximate surface area is 130 Å². The van der Waals surface area contributed by atoms with E-state index in [9.17, 15) is 22.8 Å². The lowest BCUT2D eigenvalue weighted by Crippen LogP contribution is -2.41. The molecule has 2 N–H and O–H groups in total. The van der Waals surface area contributed by atoms with Crippen molar-refractivity contribution in [3.8, 4) is 0 Å². The fourth-order valence-corrected chi connectivity index (χ4v) is 2.32. The van der Waals surface area contributed by atoms with Crippen LogP contribution in [0, 0.1) is 0 Å². The molecule has 1 aromatic rings. The fraction of sp³-hybridized carbons (Fsp3) is 0.615. The number of hydrogen-bond donors (Lipinski definition) is 2. The number of carbonyl (C=O) groups excluding carboxylic acids is 2. The zero-order valence-electron chi connectivity index (χ0n) is 12.5. The summed E-state index contributed by atoms with van der Waals surface area (Å²) in [6.45, 7) is 2.39. The SMILES string of the molecule is CCc1c(C(F)(F)F)noc1NC(=O)CNC(=O)N1CCCC1. The molecule has 2 rings (SSSR count). The first kappa shape index (κ1) is 17.1.